The number of primary amides is 1. The van der Waals surface area contributed by atoms with E-state index in [2.05, 4.69) is 29.1 Å². The number of imidazole rings is 1. The molecule has 1 atom stereocenters. The van der Waals surface area contributed by atoms with E-state index in [-0.39, 0.29) is 29.5 Å². The fourth-order valence-corrected chi connectivity index (χ4v) is 4.68. The molecule has 4 rings (SSSR count). The Labute approximate surface area is 207 Å². The molecule has 1 amide bonds. The van der Waals surface area contributed by atoms with Crippen LogP contribution in [0.2, 0.25) is 5.02 Å². The van der Waals surface area contributed by atoms with Crippen LogP contribution in [0.1, 0.15) is 52.6 Å². The van der Waals surface area contributed by atoms with Gasteiger partial charge in [-0.25, -0.2) is 4.98 Å². The first-order valence-electron chi connectivity index (χ1n) is 10.7. The van der Waals surface area contributed by atoms with Crippen molar-refractivity contribution in [2.24, 2.45) is 5.73 Å². The molecule has 0 spiro atoms. The molecule has 1 aliphatic heterocycles. The van der Waals surface area contributed by atoms with E-state index in [0.29, 0.717) is 12.6 Å². The van der Waals surface area contributed by atoms with Gasteiger partial charge in [-0.15, -0.1) is 12.4 Å². The number of rotatable bonds is 5. The van der Waals surface area contributed by atoms with Crippen molar-refractivity contribution in [1.82, 2.24) is 14.5 Å². The summed E-state index contributed by atoms with van der Waals surface area (Å²) in [6.07, 6.45) is 0.430. The molecule has 2 N–H and O–H groups in total. The average molecular weight is 513 g/mol. The standard InChI is InChI=1S/C24H24ClF3N4O.ClH/c1-31-12-3-2-7-20(31)16-10-8-15(9-11-16)13-32-14-19(30-23(32)22(29)33)17-5-4-6-18(21(17)25)24(26,27)28;/h4-6,8-11,14,20H,2-3,7,12-13H2,1H3,(H2,29,33);1H. The molecule has 34 heavy (non-hydrogen) atoms. The van der Waals surface area contributed by atoms with E-state index in [4.69, 9.17) is 17.3 Å². The molecule has 1 unspecified atom stereocenters. The molecule has 0 aliphatic carbocycles. The van der Waals surface area contributed by atoms with Crippen LogP contribution < -0.4 is 5.73 Å². The first-order valence-corrected chi connectivity index (χ1v) is 11.0. The maximum absolute atomic E-state index is 13.2. The van der Waals surface area contributed by atoms with Crippen LogP contribution in [0.4, 0.5) is 13.2 Å². The Kier molecular flexibility index (Phi) is 7.95. The van der Waals surface area contributed by atoms with Gasteiger partial charge < -0.3 is 10.3 Å². The molecular weight excluding hydrogens is 488 g/mol. The number of hydrogen-bond acceptors (Lipinski definition) is 3. The number of nitrogens with zero attached hydrogens (tertiary/aromatic N) is 3. The van der Waals surface area contributed by atoms with E-state index in [1.807, 2.05) is 12.1 Å². The number of alkyl halides is 3. The second-order valence-electron chi connectivity index (χ2n) is 8.34. The Morgan fingerprint density at radius 1 is 1.18 bits per heavy atom. The molecule has 0 radical (unpaired) electrons. The van der Waals surface area contributed by atoms with Crippen LogP contribution in [0.3, 0.4) is 0 Å². The SMILES string of the molecule is CN1CCCCC1c1ccc(Cn2cc(-c3cccc(C(F)(F)F)c3Cl)nc2C(N)=O)cc1.Cl. The van der Waals surface area contributed by atoms with Gasteiger partial charge in [-0.2, -0.15) is 13.2 Å². The zero-order valence-corrected chi connectivity index (χ0v) is 20.1. The minimum absolute atomic E-state index is 0. The van der Waals surface area contributed by atoms with Crippen LogP contribution in [0.5, 0.6) is 0 Å². The van der Waals surface area contributed by atoms with Gasteiger partial charge >= 0.3 is 6.18 Å². The fraction of sp³-hybridized carbons (Fsp3) is 0.333. The molecule has 3 aromatic rings. The Hall–Kier alpha value is -2.55. The van der Waals surface area contributed by atoms with E-state index < -0.39 is 22.7 Å². The van der Waals surface area contributed by atoms with E-state index >= 15 is 0 Å². The van der Waals surface area contributed by atoms with Crippen LogP contribution in [0, 0.1) is 0 Å². The van der Waals surface area contributed by atoms with Crippen LogP contribution in [0.15, 0.2) is 48.7 Å². The van der Waals surface area contributed by atoms with Gasteiger partial charge in [0.1, 0.15) is 0 Å². The average Bonchev–Trinajstić information content (AvgIpc) is 3.18. The summed E-state index contributed by atoms with van der Waals surface area (Å²) in [4.78, 5) is 18.5. The van der Waals surface area contributed by atoms with Crippen molar-refractivity contribution in [3.05, 3.63) is 76.2 Å². The van der Waals surface area contributed by atoms with Crippen molar-refractivity contribution in [2.75, 3.05) is 13.6 Å². The van der Waals surface area contributed by atoms with Gasteiger partial charge in [0.15, 0.2) is 5.82 Å². The highest BCUT2D eigenvalue weighted by atomic mass is 35.5. The lowest BCUT2D eigenvalue weighted by Gasteiger charge is -2.32. The lowest BCUT2D eigenvalue weighted by molar-refractivity contribution is -0.137. The molecule has 182 valence electrons. The molecule has 2 heterocycles. The summed E-state index contributed by atoms with van der Waals surface area (Å²) in [5.41, 5.74) is 6.92. The molecule has 1 aromatic heterocycles. The van der Waals surface area contributed by atoms with E-state index in [0.717, 1.165) is 24.6 Å². The lowest BCUT2D eigenvalue weighted by atomic mass is 9.95. The number of aromatic nitrogens is 2. The minimum atomic E-state index is -4.60. The van der Waals surface area contributed by atoms with Crippen LogP contribution in [-0.2, 0) is 12.7 Å². The number of nitrogens with two attached hydrogens (primary N) is 1. The van der Waals surface area contributed by atoms with Crippen molar-refractivity contribution in [3.8, 4) is 11.3 Å². The summed E-state index contributed by atoms with van der Waals surface area (Å²) in [6.45, 7) is 1.37. The van der Waals surface area contributed by atoms with Gasteiger partial charge in [0.05, 0.1) is 16.3 Å². The first kappa shape index (κ1) is 26.1. The minimum Gasteiger partial charge on any atom is -0.363 e. The van der Waals surface area contributed by atoms with Crippen molar-refractivity contribution in [2.45, 2.75) is 38.0 Å². The Balaban J connectivity index is 0.00000324. The van der Waals surface area contributed by atoms with Crippen molar-refractivity contribution in [3.63, 3.8) is 0 Å². The summed E-state index contributed by atoms with van der Waals surface area (Å²) < 4.78 is 41.3. The van der Waals surface area contributed by atoms with E-state index in [1.165, 1.54) is 41.3 Å². The summed E-state index contributed by atoms with van der Waals surface area (Å²) >= 11 is 6.04. The topological polar surface area (TPSA) is 64.2 Å². The van der Waals surface area contributed by atoms with Gasteiger partial charge in [0, 0.05) is 24.3 Å². The highest BCUT2D eigenvalue weighted by Gasteiger charge is 2.34. The summed E-state index contributed by atoms with van der Waals surface area (Å²) in [7, 11) is 2.13. The smallest absolute Gasteiger partial charge is 0.363 e. The van der Waals surface area contributed by atoms with Crippen LogP contribution in [0.25, 0.3) is 11.3 Å². The summed E-state index contributed by atoms with van der Waals surface area (Å²) in [5, 5.41) is -0.466. The predicted octanol–water partition coefficient (Wildman–Crippen LogP) is 5.95. The van der Waals surface area contributed by atoms with Crippen molar-refractivity contribution < 1.29 is 18.0 Å². The normalized spacial score (nSPS) is 16.8. The molecule has 2 aromatic carbocycles. The second-order valence-corrected chi connectivity index (χ2v) is 8.72. The third-order valence-electron chi connectivity index (χ3n) is 6.06. The first-order chi connectivity index (χ1) is 15.6. The number of piperidine rings is 1. The number of carbonyl (C=O) groups is 1. The molecule has 1 aliphatic rings. The number of benzene rings is 2. The van der Waals surface area contributed by atoms with Gasteiger partial charge in [-0.05, 0) is 43.6 Å². The zero-order chi connectivity index (χ0) is 23.8. The molecule has 1 saturated heterocycles. The van der Waals surface area contributed by atoms with Gasteiger partial charge in [0.25, 0.3) is 5.91 Å². The molecule has 5 nitrogen and oxygen atoms in total. The second kappa shape index (κ2) is 10.4. The lowest BCUT2D eigenvalue weighted by Crippen LogP contribution is -2.29. The highest BCUT2D eigenvalue weighted by molar-refractivity contribution is 6.34. The Bertz CT molecular complexity index is 1160. The summed E-state index contributed by atoms with van der Waals surface area (Å²) in [6, 6.07) is 12.1. The van der Waals surface area contributed by atoms with Gasteiger partial charge in [0.2, 0.25) is 0 Å². The number of hydrogen-bond donors (Lipinski definition) is 1. The van der Waals surface area contributed by atoms with Crippen molar-refractivity contribution >= 4 is 29.9 Å². The van der Waals surface area contributed by atoms with Gasteiger partial charge in [-0.3, -0.25) is 9.69 Å². The summed E-state index contributed by atoms with van der Waals surface area (Å²) in [5.74, 6) is -0.820. The molecule has 10 heteroatoms. The van der Waals surface area contributed by atoms with E-state index in [1.54, 1.807) is 0 Å². The quantitative estimate of drug-likeness (QED) is 0.459. The number of amides is 1. The van der Waals surface area contributed by atoms with E-state index in [9.17, 15) is 18.0 Å². The zero-order valence-electron chi connectivity index (χ0n) is 18.5. The largest absolute Gasteiger partial charge is 0.417 e. The van der Waals surface area contributed by atoms with Gasteiger partial charge in [-0.1, -0.05) is 54.4 Å². The number of carbonyl (C=O) groups excluding carboxylic acids is 1. The highest BCUT2D eigenvalue weighted by Crippen LogP contribution is 2.39. The number of halogens is 5. The monoisotopic (exact) mass is 512 g/mol. The maximum atomic E-state index is 13.2. The Morgan fingerprint density at radius 3 is 2.50 bits per heavy atom. The van der Waals surface area contributed by atoms with Crippen LogP contribution in [-0.4, -0.2) is 34.0 Å². The Morgan fingerprint density at radius 2 is 1.88 bits per heavy atom. The maximum Gasteiger partial charge on any atom is 0.417 e. The molecule has 0 saturated carbocycles. The molecule has 1 fully saturated rings. The fourth-order valence-electron chi connectivity index (χ4n) is 4.35. The predicted molar refractivity (Wildman–Crippen MR) is 128 cm³/mol. The van der Waals surface area contributed by atoms with Crippen molar-refractivity contribution in [1.29, 1.82) is 0 Å². The molecule has 0 bridgehead atoms. The third-order valence-corrected chi connectivity index (χ3v) is 6.47. The molecular formula is C24H25Cl2F3N4O. The number of likely N-dealkylation sites (tertiary alicyclic amines) is 1. The third kappa shape index (κ3) is 5.40. The van der Waals surface area contributed by atoms with Crippen LogP contribution >= 0.6 is 24.0 Å².